The Morgan fingerprint density at radius 1 is 0.553 bits per heavy atom. The first-order chi connectivity index (χ1) is 18.1. The molecule has 3 rings (SSSR count). The van der Waals surface area contributed by atoms with Crippen LogP contribution in [0.3, 0.4) is 0 Å². The Morgan fingerprint density at radius 2 is 0.842 bits per heavy atom. The van der Waals surface area contributed by atoms with E-state index in [1.807, 2.05) is 27.7 Å². The first-order valence-electron chi connectivity index (χ1n) is 14.7. The number of rotatable bonds is 9. The van der Waals surface area contributed by atoms with E-state index in [9.17, 15) is 26.3 Å². The Morgan fingerprint density at radius 3 is 1.11 bits per heavy atom. The van der Waals surface area contributed by atoms with Crippen LogP contribution in [0.15, 0.2) is 13.2 Å². The zero-order valence-electron chi connectivity index (χ0n) is 24.3. The first-order valence-corrected chi connectivity index (χ1v) is 16.8. The molecule has 3 fully saturated rings. The van der Waals surface area contributed by atoms with Gasteiger partial charge in [-0.05, 0) is 62.5 Å². The van der Waals surface area contributed by atoms with Crippen molar-refractivity contribution in [2.75, 3.05) is 6.26 Å². The molecule has 0 radical (unpaired) electrons. The lowest BCUT2D eigenvalue weighted by molar-refractivity contribution is -0.237. The monoisotopic (exact) mass is 593 g/mol. The summed E-state index contributed by atoms with van der Waals surface area (Å²) >= 11 is -0.937. The molecule has 0 bridgehead atoms. The van der Waals surface area contributed by atoms with Gasteiger partial charge in [-0.3, -0.25) is 4.72 Å². The topological polar surface area (TPSA) is 12.0 Å². The van der Waals surface area contributed by atoms with E-state index in [-0.39, 0.29) is 17.8 Å². The van der Waals surface area contributed by atoms with Gasteiger partial charge in [-0.1, -0.05) is 97.2 Å². The normalized spacial score (nSPS) is 20.7. The van der Waals surface area contributed by atoms with Crippen LogP contribution in [0.4, 0.5) is 26.3 Å². The van der Waals surface area contributed by atoms with Crippen molar-refractivity contribution in [3.63, 3.8) is 0 Å². The summed E-state index contributed by atoms with van der Waals surface area (Å²) in [5.74, 6) is -5.07. The smallest absolute Gasteiger partial charge is 0.252 e. The van der Waals surface area contributed by atoms with Crippen LogP contribution in [-0.2, 0) is 0 Å². The fourth-order valence-electron chi connectivity index (χ4n) is 6.50. The van der Waals surface area contributed by atoms with Crippen LogP contribution in [0, 0.1) is 17.8 Å². The standard InChI is InChI=1S/C23H37F6NS2.2C2H6.C2H4/c1-31-22(26,27)21(24,25)23(28,29)32-30-20(17-11-5-2-6-12-17,18-13-7-3-8-14-18)19-15-9-4-10-16-19;3*1-2/h17-19,30H,2-16H2,1H3;2*1-2H3;1-2H2. The highest BCUT2D eigenvalue weighted by Gasteiger charge is 2.72. The van der Waals surface area contributed by atoms with Crippen LogP contribution in [0.5, 0.6) is 0 Å². The molecule has 0 heterocycles. The van der Waals surface area contributed by atoms with Gasteiger partial charge in [0, 0.05) is 17.5 Å². The summed E-state index contributed by atoms with van der Waals surface area (Å²) in [5, 5.41) is -9.75. The second-order valence-electron chi connectivity index (χ2n) is 9.95. The molecule has 0 aliphatic heterocycles. The maximum atomic E-state index is 14.8. The predicted molar refractivity (Wildman–Crippen MR) is 155 cm³/mol. The summed E-state index contributed by atoms with van der Waals surface area (Å²) < 4.78 is 88.7. The second-order valence-corrected chi connectivity index (χ2v) is 11.8. The van der Waals surface area contributed by atoms with Crippen LogP contribution in [0.25, 0.3) is 0 Å². The molecule has 3 saturated carbocycles. The molecule has 0 aromatic heterocycles. The lowest BCUT2D eigenvalue weighted by Crippen LogP contribution is -2.62. The van der Waals surface area contributed by atoms with Gasteiger partial charge in [0.1, 0.15) is 0 Å². The molecule has 0 saturated heterocycles. The maximum absolute atomic E-state index is 14.8. The van der Waals surface area contributed by atoms with E-state index in [1.165, 1.54) is 0 Å². The van der Waals surface area contributed by atoms with E-state index in [2.05, 4.69) is 17.9 Å². The summed E-state index contributed by atoms with van der Waals surface area (Å²) in [5.41, 5.74) is -0.694. The number of hydrogen-bond donors (Lipinski definition) is 1. The molecule has 38 heavy (non-hydrogen) atoms. The zero-order chi connectivity index (χ0) is 29.5. The Kier molecular flexibility index (Phi) is 18.4. The van der Waals surface area contributed by atoms with Gasteiger partial charge < -0.3 is 0 Å². The predicted octanol–water partition coefficient (Wildman–Crippen LogP) is 11.7. The average molecular weight is 594 g/mol. The molecular weight excluding hydrogens is 540 g/mol. The van der Waals surface area contributed by atoms with Crippen molar-refractivity contribution in [2.45, 2.75) is 146 Å². The SMILES string of the molecule is C=C.CC.CC.CSC(F)(F)C(F)(F)C(F)(F)SNC(C1CCCCC1)(C1CCCCC1)C1CCCCC1. The van der Waals surface area contributed by atoms with Crippen molar-refractivity contribution in [3.05, 3.63) is 13.2 Å². The molecule has 1 N–H and O–H groups in total. The van der Waals surface area contributed by atoms with Crippen LogP contribution in [0.1, 0.15) is 124 Å². The lowest BCUT2D eigenvalue weighted by Gasteiger charge is -2.55. The highest BCUT2D eigenvalue weighted by molar-refractivity contribution is 8.00. The van der Waals surface area contributed by atoms with Gasteiger partial charge in [0.15, 0.2) is 0 Å². The average Bonchev–Trinajstić information content (AvgIpc) is 2.98. The van der Waals surface area contributed by atoms with E-state index >= 15 is 0 Å². The molecule has 0 amide bonds. The lowest BCUT2D eigenvalue weighted by atomic mass is 9.57. The summed E-state index contributed by atoms with van der Waals surface area (Å²) in [6.45, 7) is 14.0. The van der Waals surface area contributed by atoms with E-state index in [1.54, 1.807) is 0 Å². The molecule has 0 atom stereocenters. The molecule has 0 aromatic carbocycles. The third-order valence-electron chi connectivity index (χ3n) is 8.19. The quantitative estimate of drug-likeness (QED) is 0.162. The van der Waals surface area contributed by atoms with Gasteiger partial charge in [-0.15, -0.1) is 13.2 Å². The third kappa shape index (κ3) is 8.99. The van der Waals surface area contributed by atoms with Crippen molar-refractivity contribution in [3.8, 4) is 0 Å². The van der Waals surface area contributed by atoms with Crippen LogP contribution in [-0.4, -0.2) is 28.2 Å². The third-order valence-corrected chi connectivity index (χ3v) is 9.92. The highest BCUT2D eigenvalue weighted by atomic mass is 32.2. The molecule has 0 spiro atoms. The Labute approximate surface area is 237 Å². The molecule has 9 heteroatoms. The number of hydrogen-bond acceptors (Lipinski definition) is 3. The van der Waals surface area contributed by atoms with Gasteiger partial charge >= 0.3 is 16.4 Å². The number of alkyl halides is 6. The minimum Gasteiger partial charge on any atom is -0.252 e. The van der Waals surface area contributed by atoms with Crippen molar-refractivity contribution in [1.82, 2.24) is 4.72 Å². The fourth-order valence-corrected chi connectivity index (χ4v) is 8.02. The Balaban J connectivity index is 0.00000213. The van der Waals surface area contributed by atoms with Crippen LogP contribution >= 0.6 is 23.7 Å². The number of halogens is 6. The molecule has 0 aromatic rings. The van der Waals surface area contributed by atoms with Gasteiger partial charge in [0.2, 0.25) is 0 Å². The molecule has 228 valence electrons. The van der Waals surface area contributed by atoms with Gasteiger partial charge in [-0.2, -0.15) is 26.3 Å². The maximum Gasteiger partial charge on any atom is 0.392 e. The summed E-state index contributed by atoms with van der Waals surface area (Å²) in [4.78, 5) is 0. The minimum absolute atomic E-state index is 0.125. The Hall–Kier alpha value is -0.0200. The molecule has 0 unspecified atom stereocenters. The summed E-state index contributed by atoms with van der Waals surface area (Å²) in [6, 6.07) is 0. The second kappa shape index (κ2) is 18.4. The van der Waals surface area contributed by atoms with Crippen molar-refractivity contribution < 1.29 is 26.3 Å². The van der Waals surface area contributed by atoms with Crippen LogP contribution < -0.4 is 4.72 Å². The van der Waals surface area contributed by atoms with E-state index < -0.39 is 45.7 Å². The number of thioether (sulfide) groups is 1. The first kappa shape index (κ1) is 38.0. The van der Waals surface area contributed by atoms with Crippen molar-refractivity contribution >= 4 is 23.7 Å². The van der Waals surface area contributed by atoms with Gasteiger partial charge in [0.25, 0.3) is 0 Å². The summed E-state index contributed by atoms with van der Waals surface area (Å²) in [7, 11) is 0. The zero-order valence-corrected chi connectivity index (χ0v) is 26.0. The summed E-state index contributed by atoms with van der Waals surface area (Å²) in [6.07, 6.45) is 15.4. The molecular formula is C29H53F6NS2. The fraction of sp³-hybridized carbons (Fsp3) is 0.931. The van der Waals surface area contributed by atoms with Crippen molar-refractivity contribution in [2.24, 2.45) is 17.8 Å². The van der Waals surface area contributed by atoms with Crippen molar-refractivity contribution in [1.29, 1.82) is 0 Å². The molecule has 3 aliphatic rings. The molecule has 3 aliphatic carbocycles. The highest BCUT2D eigenvalue weighted by Crippen LogP contribution is 2.57. The van der Waals surface area contributed by atoms with Gasteiger partial charge in [0.05, 0.1) is 0 Å². The van der Waals surface area contributed by atoms with Crippen LogP contribution in [0.2, 0.25) is 0 Å². The van der Waals surface area contributed by atoms with E-state index in [0.717, 1.165) is 103 Å². The Bertz CT molecular complexity index is 556. The number of nitrogens with one attached hydrogen (secondary N) is 1. The van der Waals surface area contributed by atoms with E-state index in [4.69, 9.17) is 0 Å². The molecule has 1 nitrogen and oxygen atoms in total. The minimum atomic E-state index is -5.45. The van der Waals surface area contributed by atoms with Gasteiger partial charge in [-0.25, -0.2) is 0 Å². The van der Waals surface area contributed by atoms with E-state index in [0.29, 0.717) is 0 Å². The largest absolute Gasteiger partial charge is 0.392 e.